The predicted octanol–water partition coefficient (Wildman–Crippen LogP) is -0.0474. The summed E-state index contributed by atoms with van der Waals surface area (Å²) >= 11 is 0. The highest BCUT2D eigenvalue weighted by Gasteiger charge is 2.35. The minimum Gasteiger partial charge on any atom is -0.465 e. The molecule has 1 N–H and O–H groups in total. The standard InChI is InChI=1S/C23H30O13/c1-4-17(25)31-10-7-20(28)34-14-23(13-24,15-35-21(29)8-11-32-18(26)5-2)16-36-22(30)9-12-33-19(27)6-3/h4-6,24H,1-3,7-16H2. The molecule has 0 unspecified atom stereocenters. The molecular weight excluding hydrogens is 484 g/mol. The maximum absolute atomic E-state index is 12.0. The van der Waals surface area contributed by atoms with E-state index in [2.05, 4.69) is 33.9 Å². The zero-order chi connectivity index (χ0) is 27.4. The quantitative estimate of drug-likeness (QED) is 0.138. The van der Waals surface area contributed by atoms with Crippen molar-refractivity contribution in [3.05, 3.63) is 38.0 Å². The van der Waals surface area contributed by atoms with Gasteiger partial charge in [-0.15, -0.1) is 0 Å². The smallest absolute Gasteiger partial charge is 0.330 e. The molecule has 0 amide bonds. The Balaban J connectivity index is 5.00. The van der Waals surface area contributed by atoms with Gasteiger partial charge in [0.15, 0.2) is 0 Å². The van der Waals surface area contributed by atoms with E-state index in [9.17, 15) is 33.9 Å². The molecule has 0 aliphatic heterocycles. The Labute approximate surface area is 207 Å². The molecule has 200 valence electrons. The Morgan fingerprint density at radius 1 is 0.556 bits per heavy atom. The highest BCUT2D eigenvalue weighted by Crippen LogP contribution is 2.20. The van der Waals surface area contributed by atoms with Crippen LogP contribution >= 0.6 is 0 Å². The number of esters is 6. The van der Waals surface area contributed by atoms with E-state index in [-0.39, 0.29) is 39.1 Å². The fraction of sp³-hybridized carbons (Fsp3) is 0.478. The van der Waals surface area contributed by atoms with Crippen molar-refractivity contribution in [3.8, 4) is 0 Å². The van der Waals surface area contributed by atoms with Gasteiger partial charge in [-0.2, -0.15) is 0 Å². The molecule has 0 radical (unpaired) electrons. The number of hydrogen-bond acceptors (Lipinski definition) is 13. The van der Waals surface area contributed by atoms with E-state index >= 15 is 0 Å². The van der Waals surface area contributed by atoms with Crippen molar-refractivity contribution >= 4 is 35.8 Å². The van der Waals surface area contributed by atoms with Gasteiger partial charge < -0.3 is 33.5 Å². The van der Waals surface area contributed by atoms with Crippen LogP contribution in [0.25, 0.3) is 0 Å². The van der Waals surface area contributed by atoms with Gasteiger partial charge in [0.2, 0.25) is 0 Å². The van der Waals surface area contributed by atoms with Crippen LogP contribution in [-0.2, 0) is 57.2 Å². The fourth-order valence-corrected chi connectivity index (χ4v) is 2.06. The molecule has 0 atom stereocenters. The molecule has 0 aromatic rings. The molecule has 0 aliphatic rings. The van der Waals surface area contributed by atoms with Crippen molar-refractivity contribution in [2.45, 2.75) is 19.3 Å². The van der Waals surface area contributed by atoms with Gasteiger partial charge in [0.1, 0.15) is 39.6 Å². The monoisotopic (exact) mass is 514 g/mol. The van der Waals surface area contributed by atoms with E-state index in [0.29, 0.717) is 0 Å². The van der Waals surface area contributed by atoms with Crippen LogP contribution in [0.4, 0.5) is 0 Å². The van der Waals surface area contributed by atoms with Gasteiger partial charge in [-0.1, -0.05) is 19.7 Å². The van der Waals surface area contributed by atoms with Crippen molar-refractivity contribution in [3.63, 3.8) is 0 Å². The molecule has 13 nitrogen and oxygen atoms in total. The lowest BCUT2D eigenvalue weighted by atomic mass is 9.92. The summed E-state index contributed by atoms with van der Waals surface area (Å²) in [6, 6.07) is 0. The first-order chi connectivity index (χ1) is 17.1. The SMILES string of the molecule is C=CC(=O)OCCC(=O)OCC(CO)(COC(=O)CCOC(=O)C=C)COC(=O)CCOC(=O)C=C. The fourth-order valence-electron chi connectivity index (χ4n) is 2.06. The molecule has 13 heteroatoms. The lowest BCUT2D eigenvalue weighted by molar-refractivity contribution is -0.166. The van der Waals surface area contributed by atoms with Crippen LogP contribution in [0.15, 0.2) is 38.0 Å². The summed E-state index contributed by atoms with van der Waals surface area (Å²) in [6.07, 6.45) is 1.81. The second-order valence-corrected chi connectivity index (χ2v) is 7.01. The Bertz CT molecular complexity index is 712. The molecule has 0 aliphatic carbocycles. The summed E-state index contributed by atoms with van der Waals surface area (Å²) in [5.74, 6) is -4.63. The zero-order valence-corrected chi connectivity index (χ0v) is 19.8. The van der Waals surface area contributed by atoms with Gasteiger partial charge in [-0.25, -0.2) is 14.4 Å². The van der Waals surface area contributed by atoms with Gasteiger partial charge in [-0.05, 0) is 0 Å². The van der Waals surface area contributed by atoms with Crippen molar-refractivity contribution < 1.29 is 62.3 Å². The first-order valence-electron chi connectivity index (χ1n) is 10.6. The summed E-state index contributed by atoms with van der Waals surface area (Å²) in [5, 5.41) is 9.94. The van der Waals surface area contributed by atoms with Crippen LogP contribution in [0.3, 0.4) is 0 Å². The molecule has 0 bridgehead atoms. The number of aliphatic hydroxyl groups is 1. The third-order valence-electron chi connectivity index (χ3n) is 4.10. The van der Waals surface area contributed by atoms with E-state index in [1.54, 1.807) is 0 Å². The van der Waals surface area contributed by atoms with Crippen LogP contribution in [0.2, 0.25) is 0 Å². The third-order valence-corrected chi connectivity index (χ3v) is 4.10. The number of hydrogen-bond donors (Lipinski definition) is 1. The van der Waals surface area contributed by atoms with Crippen molar-refractivity contribution in [1.29, 1.82) is 0 Å². The molecule has 0 rings (SSSR count). The third kappa shape index (κ3) is 15.0. The van der Waals surface area contributed by atoms with Crippen molar-refractivity contribution in [2.24, 2.45) is 5.41 Å². The molecule has 0 aromatic carbocycles. The lowest BCUT2D eigenvalue weighted by Crippen LogP contribution is -2.42. The number of ether oxygens (including phenoxy) is 6. The van der Waals surface area contributed by atoms with E-state index in [4.69, 9.17) is 14.2 Å². The minimum atomic E-state index is -1.55. The minimum absolute atomic E-state index is 0.285. The number of rotatable bonds is 19. The second-order valence-electron chi connectivity index (χ2n) is 7.01. The van der Waals surface area contributed by atoms with Crippen molar-refractivity contribution in [2.75, 3.05) is 46.2 Å². The molecular formula is C23H30O13. The average Bonchev–Trinajstić information content (AvgIpc) is 2.87. The summed E-state index contributed by atoms with van der Waals surface area (Å²) in [7, 11) is 0. The number of aliphatic hydroxyl groups excluding tert-OH is 1. The Morgan fingerprint density at radius 2 is 0.833 bits per heavy atom. The maximum Gasteiger partial charge on any atom is 0.330 e. The van der Waals surface area contributed by atoms with E-state index in [0.717, 1.165) is 18.2 Å². The van der Waals surface area contributed by atoms with E-state index in [1.807, 2.05) is 0 Å². The van der Waals surface area contributed by atoms with Crippen LogP contribution < -0.4 is 0 Å². The highest BCUT2D eigenvalue weighted by molar-refractivity contribution is 5.82. The van der Waals surface area contributed by atoms with Crippen molar-refractivity contribution in [1.82, 2.24) is 0 Å². The zero-order valence-electron chi connectivity index (χ0n) is 19.8. The lowest BCUT2D eigenvalue weighted by Gasteiger charge is -2.30. The highest BCUT2D eigenvalue weighted by atomic mass is 16.6. The summed E-state index contributed by atoms with van der Waals surface area (Å²) in [6.45, 7) is 6.45. The largest absolute Gasteiger partial charge is 0.465 e. The first kappa shape index (κ1) is 32.0. The molecule has 0 saturated carbocycles. The Hall–Kier alpha value is -4.00. The van der Waals surface area contributed by atoms with Crippen LogP contribution in [0, 0.1) is 5.41 Å². The second kappa shape index (κ2) is 18.3. The summed E-state index contributed by atoms with van der Waals surface area (Å²) < 4.78 is 29.2. The molecule has 36 heavy (non-hydrogen) atoms. The van der Waals surface area contributed by atoms with E-state index < -0.39 is 67.7 Å². The maximum atomic E-state index is 12.0. The summed E-state index contributed by atoms with van der Waals surface area (Å²) in [4.78, 5) is 69.0. The predicted molar refractivity (Wildman–Crippen MR) is 120 cm³/mol. The average molecular weight is 514 g/mol. The van der Waals surface area contributed by atoms with Crippen LogP contribution in [0.1, 0.15) is 19.3 Å². The van der Waals surface area contributed by atoms with Gasteiger partial charge >= 0.3 is 35.8 Å². The van der Waals surface area contributed by atoms with Gasteiger partial charge in [-0.3, -0.25) is 14.4 Å². The topological polar surface area (TPSA) is 178 Å². The number of carbonyl (C=O) groups is 6. The molecule has 0 saturated heterocycles. The van der Waals surface area contributed by atoms with Crippen LogP contribution in [-0.4, -0.2) is 87.2 Å². The molecule has 0 spiro atoms. The molecule has 0 aromatic heterocycles. The van der Waals surface area contributed by atoms with Gasteiger partial charge in [0.25, 0.3) is 0 Å². The van der Waals surface area contributed by atoms with Gasteiger partial charge in [0, 0.05) is 18.2 Å². The number of carbonyl (C=O) groups excluding carboxylic acids is 6. The van der Waals surface area contributed by atoms with Gasteiger partial charge in [0.05, 0.1) is 31.3 Å². The first-order valence-corrected chi connectivity index (χ1v) is 10.6. The molecule has 0 fully saturated rings. The van der Waals surface area contributed by atoms with E-state index in [1.165, 1.54) is 0 Å². The van der Waals surface area contributed by atoms with Crippen LogP contribution in [0.5, 0.6) is 0 Å². The Kier molecular flexibility index (Phi) is 16.3. The Morgan fingerprint density at radius 3 is 1.06 bits per heavy atom. The summed E-state index contributed by atoms with van der Waals surface area (Å²) in [5.41, 5.74) is -1.55. The molecule has 0 heterocycles. The normalized spacial score (nSPS) is 10.2.